The number of rotatable bonds is 15. The van der Waals surface area contributed by atoms with Crippen LogP contribution in [0.2, 0.25) is 0 Å². The number of likely N-dealkylation sites (tertiary alicyclic amines) is 2. The predicted octanol–water partition coefficient (Wildman–Crippen LogP) is 5.31. The molecular formula is C48H62N4O12. The second kappa shape index (κ2) is 21.3. The van der Waals surface area contributed by atoms with E-state index in [2.05, 4.69) is 10.6 Å². The van der Waals surface area contributed by atoms with Crippen molar-refractivity contribution < 1.29 is 57.3 Å². The van der Waals surface area contributed by atoms with Gasteiger partial charge in [0.2, 0.25) is 23.4 Å². The van der Waals surface area contributed by atoms with Crippen molar-refractivity contribution in [3.05, 3.63) is 57.6 Å². The van der Waals surface area contributed by atoms with Gasteiger partial charge in [0.15, 0.2) is 13.2 Å². The average molecular weight is 887 g/mol. The molecule has 2 aliphatic heterocycles. The van der Waals surface area contributed by atoms with Gasteiger partial charge in [0.05, 0.1) is 14.2 Å². The van der Waals surface area contributed by atoms with Crippen LogP contribution in [0.3, 0.4) is 0 Å². The summed E-state index contributed by atoms with van der Waals surface area (Å²) in [5.74, 6) is -3.34. The van der Waals surface area contributed by atoms with Crippen molar-refractivity contribution in [2.24, 2.45) is 11.8 Å². The van der Waals surface area contributed by atoms with Gasteiger partial charge >= 0.3 is 24.1 Å². The van der Waals surface area contributed by atoms with Crippen LogP contribution in [0, 0.1) is 11.8 Å². The Hall–Kier alpha value is -5.80. The molecule has 346 valence electrons. The Labute approximate surface area is 374 Å². The number of hydrogen-bond donors (Lipinski definition) is 2. The van der Waals surface area contributed by atoms with E-state index in [9.17, 15) is 38.4 Å². The first-order valence-corrected chi connectivity index (χ1v) is 22.7. The molecule has 2 heterocycles. The number of nitrogens with zero attached hydrogens (tertiary/aromatic N) is 2. The Morgan fingerprint density at radius 1 is 0.547 bits per heavy atom. The molecule has 2 saturated heterocycles. The van der Waals surface area contributed by atoms with E-state index in [1.165, 1.54) is 24.0 Å². The highest BCUT2D eigenvalue weighted by Gasteiger charge is 2.41. The van der Waals surface area contributed by atoms with E-state index in [1.807, 2.05) is 12.1 Å². The highest BCUT2D eigenvalue weighted by Crippen LogP contribution is 2.40. The average Bonchev–Trinajstić information content (AvgIpc) is 4.01. The summed E-state index contributed by atoms with van der Waals surface area (Å²) in [5.41, 5.74) is 6.97. The van der Waals surface area contributed by atoms with Crippen molar-refractivity contribution >= 4 is 47.5 Å². The third kappa shape index (κ3) is 10.4. The zero-order valence-corrected chi connectivity index (χ0v) is 37.9. The third-order valence-corrected chi connectivity index (χ3v) is 13.1. The van der Waals surface area contributed by atoms with Gasteiger partial charge in [-0.15, -0.1) is 0 Å². The molecule has 0 bridgehead atoms. The van der Waals surface area contributed by atoms with Crippen LogP contribution in [0.4, 0.5) is 9.59 Å². The van der Waals surface area contributed by atoms with Gasteiger partial charge in [-0.25, -0.2) is 19.2 Å². The second-order valence-corrected chi connectivity index (χ2v) is 17.8. The highest BCUT2D eigenvalue weighted by atomic mass is 16.6. The molecule has 16 heteroatoms. The van der Waals surface area contributed by atoms with Crippen LogP contribution in [0.1, 0.15) is 122 Å². The van der Waals surface area contributed by atoms with Crippen molar-refractivity contribution in [1.29, 1.82) is 0 Å². The Balaban J connectivity index is 1.15. The fourth-order valence-corrected chi connectivity index (χ4v) is 9.69. The fourth-order valence-electron chi connectivity index (χ4n) is 9.69. The van der Waals surface area contributed by atoms with E-state index in [0.29, 0.717) is 62.7 Å². The minimum atomic E-state index is -0.892. The van der Waals surface area contributed by atoms with Gasteiger partial charge < -0.3 is 39.4 Å². The number of methoxy groups -OCH3 is 2. The monoisotopic (exact) mass is 886 g/mol. The van der Waals surface area contributed by atoms with Crippen molar-refractivity contribution in [2.75, 3.05) is 40.5 Å². The number of carbonyl (C=O) groups excluding carboxylic acids is 8. The lowest BCUT2D eigenvalue weighted by atomic mass is 9.78. The zero-order valence-electron chi connectivity index (χ0n) is 37.9. The number of amides is 4. The number of carbonyl (C=O) groups is 8. The molecule has 2 aromatic rings. The minimum Gasteiger partial charge on any atom is -0.456 e. The molecule has 64 heavy (non-hydrogen) atoms. The number of nitrogens with one attached hydrogen (secondary N) is 2. The Kier molecular flexibility index (Phi) is 15.8. The first-order chi connectivity index (χ1) is 30.7. The summed E-state index contributed by atoms with van der Waals surface area (Å²) in [6.45, 7) is 6.84. The molecule has 6 rings (SSSR count). The molecule has 4 atom stereocenters. The van der Waals surface area contributed by atoms with Crippen LogP contribution in [0.25, 0.3) is 11.1 Å². The Morgan fingerprint density at radius 2 is 0.906 bits per heavy atom. The van der Waals surface area contributed by atoms with Crippen molar-refractivity contribution in [3.63, 3.8) is 0 Å². The van der Waals surface area contributed by atoms with E-state index < -0.39 is 73.3 Å². The molecule has 4 aliphatic rings. The number of Topliss-reactive ketones (excluding diaryl/α,β-unsaturated/α-hetero) is 2. The lowest BCUT2D eigenvalue weighted by molar-refractivity contribution is -0.153. The van der Waals surface area contributed by atoms with Crippen LogP contribution in [0.5, 0.6) is 0 Å². The maximum absolute atomic E-state index is 13.8. The molecule has 2 N–H and O–H groups in total. The largest absolute Gasteiger partial charge is 0.456 e. The molecule has 0 aromatic heterocycles. The molecule has 4 amide bonds. The van der Waals surface area contributed by atoms with E-state index >= 15 is 0 Å². The van der Waals surface area contributed by atoms with E-state index in [1.54, 1.807) is 39.8 Å². The van der Waals surface area contributed by atoms with E-state index in [4.69, 9.17) is 18.9 Å². The molecular weight excluding hydrogens is 825 g/mol. The van der Waals surface area contributed by atoms with Gasteiger partial charge in [0.25, 0.3) is 0 Å². The molecule has 2 aromatic carbocycles. The van der Waals surface area contributed by atoms with Crippen LogP contribution >= 0.6 is 0 Å². The van der Waals surface area contributed by atoms with Crippen molar-refractivity contribution in [3.8, 4) is 11.1 Å². The molecule has 2 aliphatic carbocycles. The third-order valence-electron chi connectivity index (χ3n) is 13.1. The standard InChI is InChI=1S/C48H62N4O12/c1-27(2)41(49-47(59)61-5)43(55)51-23-11-17-37(51)45(57)63-25-39(53)35-21-19-33(29-13-7-9-15-31(29)35)34-20-22-36(32-16-10-8-14-30(32)34)40(54)26-64-46(58)38-18-12-24-52(38)44(56)42(28(3)4)50-48(60)62-6/h19-22,27-28,37-38,41-42H,7-18,23-26H2,1-6H3,(H,49,59)(H,50,60). The van der Waals surface area contributed by atoms with Gasteiger partial charge in [-0.1, -0.05) is 52.0 Å². The van der Waals surface area contributed by atoms with Crippen LogP contribution < -0.4 is 10.6 Å². The summed E-state index contributed by atoms with van der Waals surface area (Å²) >= 11 is 0. The molecule has 0 saturated carbocycles. The zero-order chi connectivity index (χ0) is 46.2. The Bertz CT molecular complexity index is 2000. The van der Waals surface area contributed by atoms with Crippen LogP contribution in [0.15, 0.2) is 24.3 Å². The second-order valence-electron chi connectivity index (χ2n) is 17.8. The number of hydrogen-bond acceptors (Lipinski definition) is 12. The Morgan fingerprint density at radius 3 is 1.25 bits per heavy atom. The summed E-state index contributed by atoms with van der Waals surface area (Å²) < 4.78 is 20.6. The van der Waals surface area contributed by atoms with Gasteiger partial charge in [-0.3, -0.25) is 19.2 Å². The van der Waals surface area contributed by atoms with Crippen LogP contribution in [-0.4, -0.2) is 122 Å². The molecule has 0 spiro atoms. The quantitative estimate of drug-likeness (QED) is 0.133. The maximum atomic E-state index is 13.8. The van der Waals surface area contributed by atoms with E-state index in [-0.39, 0.29) is 23.4 Å². The van der Waals surface area contributed by atoms with E-state index in [0.717, 1.165) is 71.9 Å². The summed E-state index contributed by atoms with van der Waals surface area (Å²) in [6.07, 6.45) is 6.96. The van der Waals surface area contributed by atoms with Gasteiger partial charge in [0, 0.05) is 24.2 Å². The SMILES string of the molecule is COC(=O)NC(C(=O)N1CCCC1C(=O)OCC(=O)c1ccc(-c2ccc(C(=O)COC(=O)C3CCCN3C(=O)C(NC(=O)OC)C(C)C)c3c2CCCC3)c2c1CCCC2)C(C)C. The highest BCUT2D eigenvalue weighted by molar-refractivity contribution is 6.02. The first-order valence-electron chi connectivity index (χ1n) is 22.7. The lowest BCUT2D eigenvalue weighted by Crippen LogP contribution is -2.54. The van der Waals surface area contributed by atoms with Gasteiger partial charge in [0.1, 0.15) is 24.2 Å². The fraction of sp³-hybridized carbons (Fsp3) is 0.583. The van der Waals surface area contributed by atoms with Gasteiger partial charge in [-0.2, -0.15) is 0 Å². The number of ketones is 2. The van der Waals surface area contributed by atoms with Crippen LogP contribution in [-0.2, 0) is 63.8 Å². The summed E-state index contributed by atoms with van der Waals surface area (Å²) in [6, 6.07) is 3.96. The number of benzene rings is 2. The summed E-state index contributed by atoms with van der Waals surface area (Å²) in [5, 5.41) is 5.13. The van der Waals surface area contributed by atoms with Crippen molar-refractivity contribution in [1.82, 2.24) is 20.4 Å². The number of esters is 2. The predicted molar refractivity (Wildman–Crippen MR) is 234 cm³/mol. The topological polar surface area (TPSA) is 204 Å². The number of fused-ring (bicyclic) bond motifs is 2. The summed E-state index contributed by atoms with van der Waals surface area (Å²) in [4.78, 5) is 108. The molecule has 4 unspecified atom stereocenters. The smallest absolute Gasteiger partial charge is 0.407 e. The molecule has 16 nitrogen and oxygen atoms in total. The van der Waals surface area contributed by atoms with Crippen molar-refractivity contribution in [2.45, 2.75) is 129 Å². The summed E-state index contributed by atoms with van der Waals surface area (Å²) in [7, 11) is 2.43. The van der Waals surface area contributed by atoms with Gasteiger partial charge in [-0.05, 0) is 122 Å². The minimum absolute atomic E-state index is 0.263. The molecule has 2 fully saturated rings. The number of ether oxygens (including phenoxy) is 4. The lowest BCUT2D eigenvalue weighted by Gasteiger charge is -2.29. The number of alkyl carbamates (subject to hydrolysis) is 2. The maximum Gasteiger partial charge on any atom is 0.407 e. The molecule has 0 radical (unpaired) electrons. The normalized spacial score (nSPS) is 18.9. The first kappa shape index (κ1) is 47.7.